The van der Waals surface area contributed by atoms with Gasteiger partial charge in [-0.3, -0.25) is 4.99 Å². The highest BCUT2D eigenvalue weighted by Gasteiger charge is 2.06. The lowest BCUT2D eigenvalue weighted by Crippen LogP contribution is -2.26. The lowest BCUT2D eigenvalue weighted by molar-refractivity contribution is 0.955. The second kappa shape index (κ2) is 5.25. The van der Waals surface area contributed by atoms with Gasteiger partial charge in [-0.15, -0.1) is 11.8 Å². The molecule has 2 rings (SSSR count). The van der Waals surface area contributed by atoms with Crippen LogP contribution in [0, 0.1) is 6.92 Å². The summed E-state index contributed by atoms with van der Waals surface area (Å²) in [4.78, 5) is 5.69. The van der Waals surface area contributed by atoms with Gasteiger partial charge in [0.25, 0.3) is 0 Å². The number of anilines is 1. The van der Waals surface area contributed by atoms with Crippen molar-refractivity contribution in [2.24, 2.45) is 4.99 Å². The molecule has 16 heavy (non-hydrogen) atoms. The van der Waals surface area contributed by atoms with Crippen LogP contribution < -0.4 is 10.6 Å². The highest BCUT2D eigenvalue weighted by atomic mass is 32.2. The molecule has 3 nitrogen and oxygen atoms in total. The number of hydrogen-bond donors (Lipinski definition) is 2. The van der Waals surface area contributed by atoms with Crippen molar-refractivity contribution in [2.75, 3.05) is 31.2 Å². The zero-order valence-electron chi connectivity index (χ0n) is 9.71. The van der Waals surface area contributed by atoms with Gasteiger partial charge in [0.05, 0.1) is 13.1 Å². The molecule has 0 unspecified atom stereocenters. The predicted octanol–water partition coefficient (Wildman–Crippen LogP) is 2.13. The van der Waals surface area contributed by atoms with Gasteiger partial charge in [-0.25, -0.2) is 0 Å². The summed E-state index contributed by atoms with van der Waals surface area (Å²) in [6.07, 6.45) is 2.11. The summed E-state index contributed by atoms with van der Waals surface area (Å²) in [6, 6.07) is 6.35. The van der Waals surface area contributed by atoms with Crippen molar-refractivity contribution in [1.29, 1.82) is 0 Å². The second-order valence-electron chi connectivity index (χ2n) is 3.74. The van der Waals surface area contributed by atoms with E-state index >= 15 is 0 Å². The third kappa shape index (κ3) is 2.50. The van der Waals surface area contributed by atoms with Gasteiger partial charge in [0, 0.05) is 17.1 Å². The summed E-state index contributed by atoms with van der Waals surface area (Å²) in [5, 5.41) is 6.68. The minimum atomic E-state index is 0.790. The number of nitrogens with zero attached hydrogens (tertiary/aromatic N) is 1. The van der Waals surface area contributed by atoms with Crippen LogP contribution in [0.3, 0.4) is 0 Å². The Morgan fingerprint density at radius 3 is 3.06 bits per heavy atom. The zero-order valence-corrected chi connectivity index (χ0v) is 10.5. The topological polar surface area (TPSA) is 36.4 Å². The van der Waals surface area contributed by atoms with Crippen LogP contribution >= 0.6 is 11.8 Å². The molecule has 0 amide bonds. The van der Waals surface area contributed by atoms with Crippen LogP contribution in [0.5, 0.6) is 0 Å². The molecule has 1 heterocycles. The van der Waals surface area contributed by atoms with Gasteiger partial charge in [0.2, 0.25) is 0 Å². The van der Waals surface area contributed by atoms with Crippen LogP contribution in [-0.2, 0) is 0 Å². The normalized spacial score (nSPS) is 14.5. The van der Waals surface area contributed by atoms with Gasteiger partial charge in [-0.1, -0.05) is 6.07 Å². The van der Waals surface area contributed by atoms with Gasteiger partial charge >= 0.3 is 0 Å². The van der Waals surface area contributed by atoms with E-state index in [2.05, 4.69) is 47.0 Å². The first-order valence-electron chi connectivity index (χ1n) is 5.46. The standard InChI is InChI=1S/C12H17N3S/c1-9-10(4-3-5-11(9)16-2)15-8-12-13-6-7-14-12/h3-5,15H,6-8H2,1-2H3,(H,13,14). The number of thioether (sulfide) groups is 1. The maximum absolute atomic E-state index is 4.36. The number of aliphatic imine (C=N–C) groups is 1. The third-order valence-corrected chi connectivity index (χ3v) is 3.58. The Kier molecular flexibility index (Phi) is 3.72. The molecule has 0 saturated carbocycles. The largest absolute Gasteiger partial charge is 0.378 e. The summed E-state index contributed by atoms with van der Waals surface area (Å²) >= 11 is 1.78. The van der Waals surface area contributed by atoms with Crippen molar-refractivity contribution >= 4 is 23.3 Å². The Hall–Kier alpha value is -1.16. The van der Waals surface area contributed by atoms with E-state index in [1.807, 2.05) is 0 Å². The number of nitrogens with one attached hydrogen (secondary N) is 2. The Balaban J connectivity index is 2.03. The minimum Gasteiger partial charge on any atom is -0.378 e. The van der Waals surface area contributed by atoms with E-state index in [-0.39, 0.29) is 0 Å². The number of hydrogen-bond acceptors (Lipinski definition) is 4. The van der Waals surface area contributed by atoms with Crippen molar-refractivity contribution in [3.05, 3.63) is 23.8 Å². The Bertz CT molecular complexity index is 401. The van der Waals surface area contributed by atoms with Crippen molar-refractivity contribution in [3.63, 3.8) is 0 Å². The fourth-order valence-electron chi connectivity index (χ4n) is 1.77. The smallest absolute Gasteiger partial charge is 0.116 e. The molecule has 0 bridgehead atoms. The van der Waals surface area contributed by atoms with Crippen LogP contribution in [0.4, 0.5) is 5.69 Å². The van der Waals surface area contributed by atoms with Crippen molar-refractivity contribution in [1.82, 2.24) is 5.32 Å². The first-order chi connectivity index (χ1) is 7.81. The molecule has 0 aromatic heterocycles. The summed E-state index contributed by atoms with van der Waals surface area (Å²) in [5.74, 6) is 1.06. The molecular weight excluding hydrogens is 218 g/mol. The van der Waals surface area contributed by atoms with Crippen LogP contribution in [0.1, 0.15) is 5.56 Å². The number of benzene rings is 1. The maximum atomic E-state index is 4.36. The summed E-state index contributed by atoms with van der Waals surface area (Å²) < 4.78 is 0. The molecule has 0 atom stereocenters. The lowest BCUT2D eigenvalue weighted by atomic mass is 10.2. The lowest BCUT2D eigenvalue weighted by Gasteiger charge is -2.12. The number of rotatable bonds is 4. The molecule has 86 valence electrons. The van der Waals surface area contributed by atoms with Crippen LogP contribution in [0.15, 0.2) is 28.1 Å². The Morgan fingerprint density at radius 2 is 2.38 bits per heavy atom. The van der Waals surface area contributed by atoms with E-state index in [1.54, 1.807) is 11.8 Å². The van der Waals surface area contributed by atoms with Gasteiger partial charge in [-0.2, -0.15) is 0 Å². The quantitative estimate of drug-likeness (QED) is 0.785. The van der Waals surface area contributed by atoms with Gasteiger partial charge in [0.1, 0.15) is 5.84 Å². The van der Waals surface area contributed by atoms with Crippen LogP contribution in [0.2, 0.25) is 0 Å². The fraction of sp³-hybridized carbons (Fsp3) is 0.417. The molecule has 1 aliphatic rings. The molecule has 0 spiro atoms. The summed E-state index contributed by atoms with van der Waals surface area (Å²) in [7, 11) is 0. The Labute approximate surface area is 101 Å². The van der Waals surface area contributed by atoms with Crippen molar-refractivity contribution < 1.29 is 0 Å². The molecule has 1 aromatic rings. The average molecular weight is 235 g/mol. The summed E-state index contributed by atoms with van der Waals surface area (Å²) in [5.41, 5.74) is 2.51. The molecule has 1 aromatic carbocycles. The van der Waals surface area contributed by atoms with Crippen molar-refractivity contribution in [2.45, 2.75) is 11.8 Å². The average Bonchev–Trinajstić information content (AvgIpc) is 2.81. The van der Waals surface area contributed by atoms with E-state index in [4.69, 9.17) is 0 Å². The van der Waals surface area contributed by atoms with Crippen molar-refractivity contribution in [3.8, 4) is 0 Å². The molecule has 4 heteroatoms. The van der Waals surface area contributed by atoms with E-state index < -0.39 is 0 Å². The summed E-state index contributed by atoms with van der Waals surface area (Å²) in [6.45, 7) is 4.82. The molecule has 0 fully saturated rings. The van der Waals surface area contributed by atoms with E-state index in [1.165, 1.54) is 16.1 Å². The third-order valence-electron chi connectivity index (χ3n) is 2.69. The predicted molar refractivity (Wildman–Crippen MR) is 71.8 cm³/mol. The van der Waals surface area contributed by atoms with Crippen LogP contribution in [0.25, 0.3) is 0 Å². The van der Waals surface area contributed by atoms with Gasteiger partial charge in [0.15, 0.2) is 0 Å². The minimum absolute atomic E-state index is 0.790. The molecule has 2 N–H and O–H groups in total. The maximum Gasteiger partial charge on any atom is 0.116 e. The zero-order chi connectivity index (χ0) is 11.4. The molecule has 1 aliphatic heterocycles. The van der Waals surface area contributed by atoms with Gasteiger partial charge in [-0.05, 0) is 30.9 Å². The Morgan fingerprint density at radius 1 is 1.50 bits per heavy atom. The molecule has 0 saturated heterocycles. The highest BCUT2D eigenvalue weighted by Crippen LogP contribution is 2.25. The van der Waals surface area contributed by atoms with E-state index in [0.29, 0.717) is 0 Å². The monoisotopic (exact) mass is 235 g/mol. The second-order valence-corrected chi connectivity index (χ2v) is 4.59. The van der Waals surface area contributed by atoms with Gasteiger partial charge < -0.3 is 10.6 Å². The highest BCUT2D eigenvalue weighted by molar-refractivity contribution is 7.98. The molecule has 0 aliphatic carbocycles. The van der Waals surface area contributed by atoms with Crippen LogP contribution in [-0.4, -0.2) is 31.7 Å². The van der Waals surface area contributed by atoms with E-state index in [9.17, 15) is 0 Å². The first kappa shape index (κ1) is 11.3. The number of amidine groups is 1. The SMILES string of the molecule is CSc1cccc(NCC2=NCCN2)c1C. The first-order valence-corrected chi connectivity index (χ1v) is 6.68. The molecular formula is C12H17N3S. The fourth-order valence-corrected chi connectivity index (χ4v) is 2.40. The molecule has 0 radical (unpaired) electrons. The van der Waals surface area contributed by atoms with E-state index in [0.717, 1.165) is 25.5 Å².